The summed E-state index contributed by atoms with van der Waals surface area (Å²) >= 11 is -0.260. The zero-order chi connectivity index (χ0) is 19.8. The molecule has 1 aliphatic heterocycles. The van der Waals surface area contributed by atoms with Crippen molar-refractivity contribution in [1.29, 1.82) is 0 Å². The van der Waals surface area contributed by atoms with E-state index in [2.05, 4.69) is 70.3 Å². The first kappa shape index (κ1) is 19.4. The third-order valence-electron chi connectivity index (χ3n) is 6.45. The Morgan fingerprint density at radius 1 is 1.07 bits per heavy atom. The van der Waals surface area contributed by atoms with Gasteiger partial charge in [0.2, 0.25) is 0 Å². The van der Waals surface area contributed by atoms with Gasteiger partial charge in [-0.1, -0.05) is 18.2 Å². The fourth-order valence-electron chi connectivity index (χ4n) is 4.67. The first-order chi connectivity index (χ1) is 13.5. The van der Waals surface area contributed by atoms with Gasteiger partial charge in [0.15, 0.2) is 0 Å². The van der Waals surface area contributed by atoms with Crippen LogP contribution >= 0.6 is 0 Å². The molecule has 2 aromatic rings. The van der Waals surface area contributed by atoms with Gasteiger partial charge in [0, 0.05) is 0 Å². The number of anilines is 1. The molecule has 2 fully saturated rings. The van der Waals surface area contributed by atoms with Crippen molar-refractivity contribution in [2.24, 2.45) is 0 Å². The summed E-state index contributed by atoms with van der Waals surface area (Å²) < 4.78 is 0.925. The fraction of sp³-hybridized carbons (Fsp3) is 0.476. The molecule has 0 bridgehead atoms. The zero-order valence-corrected chi connectivity index (χ0v) is 18.9. The number of hydrogen-bond acceptors (Lipinski definition) is 4. The van der Waals surface area contributed by atoms with Gasteiger partial charge in [-0.05, 0) is 0 Å². The van der Waals surface area contributed by atoms with Gasteiger partial charge in [0.25, 0.3) is 0 Å². The average molecular weight is 441 g/mol. The summed E-state index contributed by atoms with van der Waals surface area (Å²) in [6, 6.07) is 10.7. The molecule has 6 nitrogen and oxygen atoms in total. The third-order valence-corrected chi connectivity index (χ3v) is 7.93. The van der Waals surface area contributed by atoms with Crippen LogP contribution in [-0.2, 0) is 5.54 Å². The van der Waals surface area contributed by atoms with Gasteiger partial charge >= 0.3 is 155 Å². The molecule has 2 amide bonds. The Labute approximate surface area is 173 Å². The predicted octanol–water partition coefficient (Wildman–Crippen LogP) is 1.89. The predicted molar refractivity (Wildman–Crippen MR) is 114 cm³/mol. The van der Waals surface area contributed by atoms with Gasteiger partial charge in [-0.2, -0.15) is 0 Å². The number of aromatic nitrogens is 2. The van der Waals surface area contributed by atoms with Crippen LogP contribution < -0.4 is 14.8 Å². The number of nitrogens with zero attached hydrogens (tertiary/aromatic N) is 4. The third kappa shape index (κ3) is 3.33. The van der Waals surface area contributed by atoms with Crippen molar-refractivity contribution >= 4 is 32.1 Å². The number of nitrogens with one attached hydrogen (secondary N) is 1. The van der Waals surface area contributed by atoms with Crippen LogP contribution in [0, 0.1) is 0 Å². The topological polar surface area (TPSA) is 61.4 Å². The molecule has 1 atom stereocenters. The van der Waals surface area contributed by atoms with Crippen molar-refractivity contribution in [2.75, 3.05) is 25.5 Å². The standard InChI is InChI=1S/C21H28AsN5O/c1-22-18-23-13-17(14-24-18)27-15-20(25-19(27)28)9-11-21(12-10-20,26(2)3)16-7-5-4-6-8-16/h4-8,13-14,22H,9-12,15H2,1-3H3,(H,25,28). The average Bonchev–Trinajstić information content (AvgIpc) is 3.05. The van der Waals surface area contributed by atoms with Gasteiger partial charge in [-0.3, -0.25) is 0 Å². The number of amides is 2. The van der Waals surface area contributed by atoms with Gasteiger partial charge in [0.05, 0.1) is 0 Å². The molecule has 148 valence electrons. The van der Waals surface area contributed by atoms with Gasteiger partial charge in [-0.15, -0.1) is 0 Å². The van der Waals surface area contributed by atoms with Crippen LogP contribution in [0.3, 0.4) is 0 Å². The van der Waals surface area contributed by atoms with Crippen molar-refractivity contribution in [3.8, 4) is 0 Å². The van der Waals surface area contributed by atoms with Crippen LogP contribution in [0.15, 0.2) is 42.7 Å². The summed E-state index contributed by atoms with van der Waals surface area (Å²) in [5.74, 6) is 0. The van der Waals surface area contributed by atoms with Crippen molar-refractivity contribution in [3.05, 3.63) is 48.3 Å². The van der Waals surface area contributed by atoms with E-state index in [9.17, 15) is 4.79 Å². The second-order valence-corrected chi connectivity index (χ2v) is 10.1. The molecule has 1 aromatic heterocycles. The van der Waals surface area contributed by atoms with E-state index >= 15 is 0 Å². The Balaban J connectivity index is 1.53. The van der Waals surface area contributed by atoms with Crippen molar-refractivity contribution in [1.82, 2.24) is 20.2 Å². The van der Waals surface area contributed by atoms with Crippen LogP contribution in [0.1, 0.15) is 31.2 Å². The zero-order valence-electron chi connectivity index (χ0n) is 16.8. The van der Waals surface area contributed by atoms with E-state index in [-0.39, 0.29) is 32.9 Å². The molecule has 2 aliphatic rings. The Bertz CT molecular complexity index is 832. The van der Waals surface area contributed by atoms with E-state index in [1.807, 2.05) is 4.90 Å². The van der Waals surface area contributed by atoms with Crippen LogP contribution in [0.5, 0.6) is 0 Å². The van der Waals surface area contributed by atoms with Gasteiger partial charge in [-0.25, -0.2) is 0 Å². The van der Waals surface area contributed by atoms with Crippen LogP contribution in [0.25, 0.3) is 0 Å². The maximum absolute atomic E-state index is 12.7. The Morgan fingerprint density at radius 3 is 2.29 bits per heavy atom. The molecule has 1 aliphatic carbocycles. The second-order valence-electron chi connectivity index (χ2n) is 8.10. The summed E-state index contributed by atoms with van der Waals surface area (Å²) in [6.07, 6.45) is 7.56. The van der Waals surface area contributed by atoms with E-state index in [1.54, 1.807) is 12.4 Å². The van der Waals surface area contributed by atoms with Crippen molar-refractivity contribution in [2.45, 2.75) is 42.5 Å². The summed E-state index contributed by atoms with van der Waals surface area (Å²) in [5, 5.41) is 3.30. The number of carbonyl (C=O) groups is 1. The summed E-state index contributed by atoms with van der Waals surface area (Å²) in [4.78, 5) is 25.7. The molecular weight excluding hydrogens is 413 g/mol. The molecule has 1 N–H and O–H groups in total. The number of benzene rings is 1. The summed E-state index contributed by atoms with van der Waals surface area (Å²) in [6.45, 7) is 0.690. The van der Waals surface area contributed by atoms with E-state index in [0.29, 0.717) is 6.54 Å². The SMILES string of the molecule is C[AsH]c1ncc(N2CC3(CCC(c4ccccc4)(N(C)C)CC3)NC2=O)cn1. The van der Waals surface area contributed by atoms with Crippen LogP contribution in [-0.4, -0.2) is 62.8 Å². The molecule has 1 aromatic carbocycles. The number of hydrogen-bond donors (Lipinski definition) is 1. The molecule has 4 rings (SSSR count). The van der Waals surface area contributed by atoms with E-state index in [1.165, 1.54) is 5.56 Å². The molecule has 1 saturated carbocycles. The number of rotatable bonds is 4. The van der Waals surface area contributed by atoms with Gasteiger partial charge in [0.1, 0.15) is 0 Å². The first-order valence-corrected chi connectivity index (χ1v) is 13.0. The number of urea groups is 1. The molecule has 1 unspecified atom stereocenters. The summed E-state index contributed by atoms with van der Waals surface area (Å²) in [7, 11) is 4.33. The molecule has 2 heterocycles. The normalized spacial score (nSPS) is 27.9. The van der Waals surface area contributed by atoms with Crippen LogP contribution in [0.2, 0.25) is 5.71 Å². The molecule has 7 heteroatoms. The molecule has 0 radical (unpaired) electrons. The molecule has 1 spiro atoms. The maximum atomic E-state index is 12.7. The molecule has 1 saturated heterocycles. The quantitative estimate of drug-likeness (QED) is 0.737. The van der Waals surface area contributed by atoms with E-state index in [0.717, 1.165) is 36.0 Å². The first-order valence-electron chi connectivity index (χ1n) is 9.81. The fourth-order valence-corrected chi connectivity index (χ4v) is 5.49. The number of carbonyl (C=O) groups excluding carboxylic acids is 1. The Kier molecular flexibility index (Phi) is 5.19. The molecular formula is C21H28AsN5O. The van der Waals surface area contributed by atoms with Gasteiger partial charge < -0.3 is 0 Å². The van der Waals surface area contributed by atoms with E-state index in [4.69, 9.17) is 0 Å². The monoisotopic (exact) mass is 441 g/mol. The Morgan fingerprint density at radius 2 is 1.71 bits per heavy atom. The van der Waals surface area contributed by atoms with Crippen molar-refractivity contribution in [3.63, 3.8) is 0 Å². The Hall–Kier alpha value is -1.91. The van der Waals surface area contributed by atoms with Crippen LogP contribution in [0.4, 0.5) is 10.5 Å². The van der Waals surface area contributed by atoms with E-state index < -0.39 is 0 Å². The minimum atomic E-state index is -0.260. The minimum absolute atomic E-state index is 0.0269. The molecule has 28 heavy (non-hydrogen) atoms. The second kappa shape index (κ2) is 7.49. The summed E-state index contributed by atoms with van der Waals surface area (Å²) in [5.41, 5.74) is 4.18. The van der Waals surface area contributed by atoms with Crippen molar-refractivity contribution < 1.29 is 4.79 Å².